The summed E-state index contributed by atoms with van der Waals surface area (Å²) in [7, 11) is 4.73. The van der Waals surface area contributed by atoms with Crippen LogP contribution < -0.4 is 19.9 Å². The molecule has 0 aliphatic rings. The number of nitrogens with zero attached hydrogens (tertiary/aromatic N) is 2. The van der Waals surface area contributed by atoms with E-state index in [2.05, 4.69) is 10.2 Å². The highest BCUT2D eigenvalue weighted by molar-refractivity contribution is 5.71. The summed E-state index contributed by atoms with van der Waals surface area (Å²) in [5.74, 6) is 2.14. The number of nitrogen functional groups attached to an aromatic ring is 1. The molecule has 0 amide bonds. The second-order valence-corrected chi connectivity index (χ2v) is 4.18. The van der Waals surface area contributed by atoms with E-state index < -0.39 is 0 Å². The zero-order chi connectivity index (χ0) is 15.2. The molecule has 0 fully saturated rings. The fraction of sp³-hybridized carbons (Fsp3) is 0.200. The maximum atomic E-state index is 5.50. The fourth-order valence-corrected chi connectivity index (χ4v) is 1.82. The van der Waals surface area contributed by atoms with E-state index in [1.54, 1.807) is 33.5 Å². The van der Waals surface area contributed by atoms with Gasteiger partial charge in [-0.3, -0.25) is 0 Å². The number of ether oxygens (including phenoxy) is 3. The average Bonchev–Trinajstić information content (AvgIpc) is 2.53. The summed E-state index contributed by atoms with van der Waals surface area (Å²) in [6, 6.07) is 7.18. The molecule has 6 nitrogen and oxygen atoms in total. The molecule has 1 heterocycles. The molecule has 0 bridgehead atoms. The number of rotatable bonds is 5. The molecule has 0 aliphatic heterocycles. The van der Waals surface area contributed by atoms with Crippen LogP contribution in [-0.4, -0.2) is 31.5 Å². The van der Waals surface area contributed by atoms with Crippen LogP contribution in [0.5, 0.6) is 17.2 Å². The van der Waals surface area contributed by atoms with Gasteiger partial charge in [-0.1, -0.05) is 6.08 Å². The Morgan fingerprint density at radius 2 is 1.57 bits per heavy atom. The summed E-state index contributed by atoms with van der Waals surface area (Å²) in [5, 5.41) is 7.76. The summed E-state index contributed by atoms with van der Waals surface area (Å²) in [6.45, 7) is 0. The molecule has 110 valence electrons. The van der Waals surface area contributed by atoms with Crippen molar-refractivity contribution in [2.75, 3.05) is 27.1 Å². The molecule has 0 atom stereocenters. The van der Waals surface area contributed by atoms with Gasteiger partial charge in [0.1, 0.15) is 5.82 Å². The molecule has 0 saturated carbocycles. The van der Waals surface area contributed by atoms with E-state index in [1.807, 2.05) is 24.3 Å². The summed E-state index contributed by atoms with van der Waals surface area (Å²) in [4.78, 5) is 0. The lowest BCUT2D eigenvalue weighted by atomic mass is 10.1. The predicted octanol–water partition coefficient (Wildman–Crippen LogP) is 2.25. The van der Waals surface area contributed by atoms with Crippen LogP contribution in [-0.2, 0) is 0 Å². The van der Waals surface area contributed by atoms with Gasteiger partial charge in [0.2, 0.25) is 5.75 Å². The Balaban J connectivity index is 2.33. The minimum Gasteiger partial charge on any atom is -0.493 e. The monoisotopic (exact) mass is 287 g/mol. The Hall–Kier alpha value is -2.76. The van der Waals surface area contributed by atoms with E-state index in [4.69, 9.17) is 19.9 Å². The zero-order valence-electron chi connectivity index (χ0n) is 12.2. The van der Waals surface area contributed by atoms with Crippen LogP contribution in [0.1, 0.15) is 11.3 Å². The number of benzene rings is 1. The highest BCUT2D eigenvalue weighted by atomic mass is 16.5. The number of nitrogens with two attached hydrogens (primary N) is 1. The van der Waals surface area contributed by atoms with Gasteiger partial charge in [-0.25, -0.2) is 0 Å². The van der Waals surface area contributed by atoms with Crippen LogP contribution in [0, 0.1) is 0 Å². The van der Waals surface area contributed by atoms with Crippen molar-refractivity contribution in [3.05, 3.63) is 35.5 Å². The van der Waals surface area contributed by atoms with Gasteiger partial charge in [0.15, 0.2) is 11.5 Å². The largest absolute Gasteiger partial charge is 0.493 e. The minimum absolute atomic E-state index is 0.389. The smallest absolute Gasteiger partial charge is 0.203 e. The lowest BCUT2D eigenvalue weighted by Gasteiger charge is -2.12. The molecule has 0 spiro atoms. The average molecular weight is 287 g/mol. The van der Waals surface area contributed by atoms with Crippen molar-refractivity contribution in [2.24, 2.45) is 0 Å². The standard InChI is InChI=1S/C15H17N3O3/c1-19-12-8-10(9-13(20-2)15(12)21-3)4-5-11-6-7-14(16)18-17-11/h4-9H,1-3H3,(H2,16,18). The van der Waals surface area contributed by atoms with E-state index >= 15 is 0 Å². The number of anilines is 1. The molecule has 1 aromatic carbocycles. The van der Waals surface area contributed by atoms with Crippen LogP contribution in [0.4, 0.5) is 5.82 Å². The SMILES string of the molecule is COc1cc(C=Cc2ccc(N)nn2)cc(OC)c1OC. The maximum Gasteiger partial charge on any atom is 0.203 e. The van der Waals surface area contributed by atoms with E-state index in [1.165, 1.54) is 0 Å². The van der Waals surface area contributed by atoms with Crippen LogP contribution >= 0.6 is 0 Å². The van der Waals surface area contributed by atoms with Crippen molar-refractivity contribution in [2.45, 2.75) is 0 Å². The molecule has 6 heteroatoms. The maximum absolute atomic E-state index is 5.50. The fourth-order valence-electron chi connectivity index (χ4n) is 1.82. The third-order valence-electron chi connectivity index (χ3n) is 2.84. The van der Waals surface area contributed by atoms with Crippen molar-refractivity contribution in [3.8, 4) is 17.2 Å². The van der Waals surface area contributed by atoms with Crippen molar-refractivity contribution in [3.63, 3.8) is 0 Å². The molecule has 0 unspecified atom stereocenters. The molecule has 2 rings (SSSR count). The zero-order valence-corrected chi connectivity index (χ0v) is 12.2. The van der Waals surface area contributed by atoms with Crippen molar-refractivity contribution in [1.82, 2.24) is 10.2 Å². The molecule has 2 N–H and O–H groups in total. The Bertz CT molecular complexity index is 614. The van der Waals surface area contributed by atoms with Crippen LogP contribution in [0.15, 0.2) is 24.3 Å². The molecular formula is C15H17N3O3. The first-order chi connectivity index (χ1) is 10.2. The van der Waals surface area contributed by atoms with Gasteiger partial charge in [0, 0.05) is 0 Å². The first-order valence-electron chi connectivity index (χ1n) is 6.25. The molecule has 0 aliphatic carbocycles. The third kappa shape index (κ3) is 3.42. The molecule has 21 heavy (non-hydrogen) atoms. The van der Waals surface area contributed by atoms with E-state index in [-0.39, 0.29) is 0 Å². The lowest BCUT2D eigenvalue weighted by molar-refractivity contribution is 0.324. The second kappa shape index (κ2) is 6.60. The summed E-state index contributed by atoms with van der Waals surface area (Å²) < 4.78 is 15.9. The van der Waals surface area contributed by atoms with Gasteiger partial charge in [0.25, 0.3) is 0 Å². The number of aromatic nitrogens is 2. The summed E-state index contributed by atoms with van der Waals surface area (Å²) in [5.41, 5.74) is 7.10. The van der Waals surface area contributed by atoms with Crippen LogP contribution in [0.3, 0.4) is 0 Å². The first-order valence-corrected chi connectivity index (χ1v) is 6.25. The van der Waals surface area contributed by atoms with Gasteiger partial charge in [-0.15, -0.1) is 10.2 Å². The Morgan fingerprint density at radius 1 is 0.905 bits per heavy atom. The summed E-state index contributed by atoms with van der Waals surface area (Å²) in [6.07, 6.45) is 3.71. The Kier molecular flexibility index (Phi) is 4.61. The summed E-state index contributed by atoms with van der Waals surface area (Å²) >= 11 is 0. The Labute approximate surface area is 123 Å². The normalized spacial score (nSPS) is 10.6. The molecule has 1 aromatic heterocycles. The Morgan fingerprint density at radius 3 is 2.05 bits per heavy atom. The highest BCUT2D eigenvalue weighted by Gasteiger charge is 2.11. The van der Waals surface area contributed by atoms with E-state index in [9.17, 15) is 0 Å². The number of hydrogen-bond donors (Lipinski definition) is 1. The lowest BCUT2D eigenvalue weighted by Crippen LogP contribution is -1.95. The quantitative estimate of drug-likeness (QED) is 0.908. The van der Waals surface area contributed by atoms with Crippen molar-refractivity contribution >= 4 is 18.0 Å². The highest BCUT2D eigenvalue weighted by Crippen LogP contribution is 2.38. The van der Waals surface area contributed by atoms with Crippen LogP contribution in [0.2, 0.25) is 0 Å². The van der Waals surface area contributed by atoms with E-state index in [0.717, 1.165) is 5.56 Å². The van der Waals surface area contributed by atoms with Crippen molar-refractivity contribution in [1.29, 1.82) is 0 Å². The van der Waals surface area contributed by atoms with Gasteiger partial charge in [-0.2, -0.15) is 0 Å². The second-order valence-electron chi connectivity index (χ2n) is 4.18. The van der Waals surface area contributed by atoms with Gasteiger partial charge in [-0.05, 0) is 35.9 Å². The molecular weight excluding hydrogens is 270 g/mol. The third-order valence-corrected chi connectivity index (χ3v) is 2.84. The van der Waals surface area contributed by atoms with Gasteiger partial charge >= 0.3 is 0 Å². The number of hydrogen-bond acceptors (Lipinski definition) is 6. The predicted molar refractivity (Wildman–Crippen MR) is 81.5 cm³/mol. The minimum atomic E-state index is 0.389. The van der Waals surface area contributed by atoms with Gasteiger partial charge < -0.3 is 19.9 Å². The van der Waals surface area contributed by atoms with Gasteiger partial charge in [0.05, 0.1) is 27.0 Å². The van der Waals surface area contributed by atoms with E-state index in [0.29, 0.717) is 28.8 Å². The topological polar surface area (TPSA) is 79.5 Å². The van der Waals surface area contributed by atoms with Crippen molar-refractivity contribution < 1.29 is 14.2 Å². The first kappa shape index (κ1) is 14.6. The number of methoxy groups -OCH3 is 3. The van der Waals surface area contributed by atoms with Crippen LogP contribution in [0.25, 0.3) is 12.2 Å². The molecule has 2 aromatic rings. The molecule has 0 saturated heterocycles. The molecule has 0 radical (unpaired) electrons.